The SMILES string of the molecule is Cc1cc(C(=O)NCC(O)c2cn(C)c3ccccc23)ccc1[N+](=O)[O-]. The lowest BCUT2D eigenvalue weighted by atomic mass is 10.1. The number of nitrogens with zero attached hydrogens (tertiary/aromatic N) is 2. The highest BCUT2D eigenvalue weighted by atomic mass is 16.6. The molecule has 3 aromatic rings. The standard InChI is InChI=1S/C19H19N3O4/c1-12-9-13(7-8-16(12)22(25)26)19(24)20-10-18(23)15-11-21(2)17-6-4-3-5-14(15)17/h3-9,11,18,23H,10H2,1-2H3,(H,20,24). The number of para-hydroxylation sites is 1. The normalized spacial score (nSPS) is 12.1. The number of hydrogen-bond donors (Lipinski definition) is 2. The monoisotopic (exact) mass is 353 g/mol. The maximum Gasteiger partial charge on any atom is 0.272 e. The quantitative estimate of drug-likeness (QED) is 0.544. The Hall–Kier alpha value is -3.19. The summed E-state index contributed by atoms with van der Waals surface area (Å²) in [5, 5.41) is 24.9. The highest BCUT2D eigenvalue weighted by molar-refractivity contribution is 5.94. The van der Waals surface area contributed by atoms with Crippen molar-refractivity contribution in [2.75, 3.05) is 6.54 Å². The van der Waals surface area contributed by atoms with Crippen LogP contribution in [0.4, 0.5) is 5.69 Å². The molecule has 0 aliphatic carbocycles. The van der Waals surface area contributed by atoms with Crippen molar-refractivity contribution in [1.29, 1.82) is 0 Å². The van der Waals surface area contributed by atoms with Crippen molar-refractivity contribution in [3.63, 3.8) is 0 Å². The van der Waals surface area contributed by atoms with Crippen LogP contribution >= 0.6 is 0 Å². The molecule has 134 valence electrons. The second-order valence-electron chi connectivity index (χ2n) is 6.20. The van der Waals surface area contributed by atoms with Gasteiger partial charge in [0.1, 0.15) is 0 Å². The Morgan fingerprint density at radius 2 is 2.04 bits per heavy atom. The number of nitro benzene ring substituents is 1. The van der Waals surface area contributed by atoms with Gasteiger partial charge in [0.05, 0.1) is 11.0 Å². The van der Waals surface area contributed by atoms with Gasteiger partial charge in [-0.1, -0.05) is 18.2 Å². The molecule has 1 heterocycles. The van der Waals surface area contributed by atoms with Crippen molar-refractivity contribution in [2.24, 2.45) is 7.05 Å². The van der Waals surface area contributed by atoms with E-state index in [1.54, 1.807) is 6.92 Å². The second kappa shape index (κ2) is 6.97. The van der Waals surface area contributed by atoms with Gasteiger partial charge in [0.2, 0.25) is 0 Å². The van der Waals surface area contributed by atoms with E-state index in [-0.39, 0.29) is 18.1 Å². The van der Waals surface area contributed by atoms with Gasteiger partial charge >= 0.3 is 0 Å². The van der Waals surface area contributed by atoms with Crippen molar-refractivity contribution in [1.82, 2.24) is 9.88 Å². The van der Waals surface area contributed by atoms with Crippen LogP contribution < -0.4 is 5.32 Å². The molecule has 0 saturated carbocycles. The first-order valence-corrected chi connectivity index (χ1v) is 8.13. The highest BCUT2D eigenvalue weighted by Gasteiger charge is 2.17. The van der Waals surface area contributed by atoms with Crippen LogP contribution in [-0.4, -0.2) is 27.0 Å². The molecule has 0 bridgehead atoms. The molecule has 0 aliphatic rings. The van der Waals surface area contributed by atoms with Gasteiger partial charge in [-0.25, -0.2) is 0 Å². The summed E-state index contributed by atoms with van der Waals surface area (Å²) in [7, 11) is 1.90. The third-order valence-corrected chi connectivity index (χ3v) is 4.40. The first-order chi connectivity index (χ1) is 12.4. The highest BCUT2D eigenvalue weighted by Crippen LogP contribution is 2.25. The summed E-state index contributed by atoms with van der Waals surface area (Å²) in [4.78, 5) is 22.7. The van der Waals surface area contributed by atoms with Crippen LogP contribution in [-0.2, 0) is 7.05 Å². The predicted octanol–water partition coefficient (Wildman–Crippen LogP) is 2.86. The lowest BCUT2D eigenvalue weighted by Gasteiger charge is -2.12. The summed E-state index contributed by atoms with van der Waals surface area (Å²) in [6.07, 6.45) is 0.988. The minimum absolute atomic E-state index is 0.0302. The summed E-state index contributed by atoms with van der Waals surface area (Å²) in [6, 6.07) is 11.9. The fraction of sp³-hybridized carbons (Fsp3) is 0.211. The largest absolute Gasteiger partial charge is 0.386 e. The fourth-order valence-electron chi connectivity index (χ4n) is 3.04. The van der Waals surface area contributed by atoms with Crippen molar-refractivity contribution in [3.05, 3.63) is 75.5 Å². The van der Waals surface area contributed by atoms with Gasteiger partial charge < -0.3 is 15.0 Å². The average Bonchev–Trinajstić information content (AvgIpc) is 2.96. The molecule has 1 aromatic heterocycles. The number of aliphatic hydroxyl groups excluding tert-OH is 1. The fourth-order valence-corrected chi connectivity index (χ4v) is 3.04. The number of rotatable bonds is 5. The van der Waals surface area contributed by atoms with Crippen LogP contribution in [0.15, 0.2) is 48.7 Å². The summed E-state index contributed by atoms with van der Waals surface area (Å²) < 4.78 is 1.93. The number of benzene rings is 2. The van der Waals surface area contributed by atoms with Gasteiger partial charge in [0.15, 0.2) is 0 Å². The zero-order valence-electron chi connectivity index (χ0n) is 14.5. The summed E-state index contributed by atoms with van der Waals surface area (Å²) in [5.74, 6) is -0.387. The van der Waals surface area contributed by atoms with E-state index < -0.39 is 11.0 Å². The number of aromatic nitrogens is 1. The van der Waals surface area contributed by atoms with Crippen LogP contribution in [0.25, 0.3) is 10.9 Å². The third kappa shape index (κ3) is 3.29. The second-order valence-corrected chi connectivity index (χ2v) is 6.20. The number of hydrogen-bond acceptors (Lipinski definition) is 4. The number of aliphatic hydroxyl groups is 1. The van der Waals surface area contributed by atoms with Crippen LogP contribution in [0, 0.1) is 17.0 Å². The van der Waals surface area contributed by atoms with E-state index in [4.69, 9.17) is 0 Å². The molecule has 0 fully saturated rings. The smallest absolute Gasteiger partial charge is 0.272 e. The molecule has 0 aliphatic heterocycles. The van der Waals surface area contributed by atoms with Gasteiger partial charge in [-0.3, -0.25) is 14.9 Å². The van der Waals surface area contributed by atoms with E-state index in [0.717, 1.165) is 16.5 Å². The average molecular weight is 353 g/mol. The number of carbonyl (C=O) groups excluding carboxylic acids is 1. The van der Waals surface area contributed by atoms with Crippen LogP contribution in [0.1, 0.15) is 27.6 Å². The lowest BCUT2D eigenvalue weighted by molar-refractivity contribution is -0.385. The molecule has 7 nitrogen and oxygen atoms in total. The minimum Gasteiger partial charge on any atom is -0.386 e. The zero-order valence-corrected chi connectivity index (χ0v) is 14.5. The van der Waals surface area contributed by atoms with Crippen LogP contribution in [0.3, 0.4) is 0 Å². The Bertz CT molecular complexity index is 994. The first kappa shape index (κ1) is 17.6. The van der Waals surface area contributed by atoms with E-state index in [2.05, 4.69) is 5.32 Å². The molecule has 7 heteroatoms. The van der Waals surface area contributed by atoms with E-state index in [9.17, 15) is 20.0 Å². The van der Waals surface area contributed by atoms with Crippen molar-refractivity contribution in [3.8, 4) is 0 Å². The van der Waals surface area contributed by atoms with E-state index >= 15 is 0 Å². The maximum atomic E-state index is 12.3. The molecule has 2 N–H and O–H groups in total. The number of aryl methyl sites for hydroxylation is 2. The Kier molecular flexibility index (Phi) is 4.73. The molecular formula is C19H19N3O4. The molecule has 26 heavy (non-hydrogen) atoms. The number of fused-ring (bicyclic) bond motifs is 1. The lowest BCUT2D eigenvalue weighted by Crippen LogP contribution is -2.28. The van der Waals surface area contributed by atoms with E-state index in [1.165, 1.54) is 18.2 Å². The zero-order chi connectivity index (χ0) is 18.8. The third-order valence-electron chi connectivity index (χ3n) is 4.40. The molecule has 0 saturated heterocycles. The molecule has 1 atom stereocenters. The molecular weight excluding hydrogens is 334 g/mol. The van der Waals surface area contributed by atoms with Gasteiger partial charge in [-0.05, 0) is 25.1 Å². The molecule has 1 unspecified atom stereocenters. The molecule has 0 spiro atoms. The molecule has 1 amide bonds. The van der Waals surface area contributed by atoms with Gasteiger partial charge in [0, 0.05) is 53.4 Å². The first-order valence-electron chi connectivity index (χ1n) is 8.13. The number of carbonyl (C=O) groups is 1. The topological polar surface area (TPSA) is 97.4 Å². The van der Waals surface area contributed by atoms with Gasteiger partial charge in [0.25, 0.3) is 11.6 Å². The van der Waals surface area contributed by atoms with Crippen LogP contribution in [0.2, 0.25) is 0 Å². The minimum atomic E-state index is -0.857. The summed E-state index contributed by atoms with van der Waals surface area (Å²) >= 11 is 0. The molecule has 3 rings (SSSR count). The Morgan fingerprint density at radius 3 is 2.73 bits per heavy atom. The number of amides is 1. The van der Waals surface area contributed by atoms with Crippen molar-refractivity contribution < 1.29 is 14.8 Å². The van der Waals surface area contributed by atoms with E-state index in [1.807, 2.05) is 42.1 Å². The Labute approximate surface area is 150 Å². The number of nitro groups is 1. The Morgan fingerprint density at radius 1 is 1.31 bits per heavy atom. The van der Waals surface area contributed by atoms with Gasteiger partial charge in [-0.15, -0.1) is 0 Å². The van der Waals surface area contributed by atoms with Crippen molar-refractivity contribution in [2.45, 2.75) is 13.0 Å². The maximum absolute atomic E-state index is 12.3. The van der Waals surface area contributed by atoms with Gasteiger partial charge in [-0.2, -0.15) is 0 Å². The van der Waals surface area contributed by atoms with E-state index in [0.29, 0.717) is 11.1 Å². The van der Waals surface area contributed by atoms with Crippen molar-refractivity contribution >= 4 is 22.5 Å². The number of nitrogens with one attached hydrogen (secondary N) is 1. The summed E-state index contributed by atoms with van der Waals surface area (Å²) in [5.41, 5.74) is 2.44. The molecule has 2 aromatic carbocycles. The summed E-state index contributed by atoms with van der Waals surface area (Å²) in [6.45, 7) is 1.63. The predicted molar refractivity (Wildman–Crippen MR) is 98.0 cm³/mol. The molecule has 0 radical (unpaired) electrons. The van der Waals surface area contributed by atoms with Crippen LogP contribution in [0.5, 0.6) is 0 Å². The Balaban J connectivity index is 1.73.